The summed E-state index contributed by atoms with van der Waals surface area (Å²) in [5.74, 6) is 0.310. The van der Waals surface area contributed by atoms with Crippen molar-refractivity contribution in [1.29, 1.82) is 0 Å². The molecule has 1 aliphatic rings. The van der Waals surface area contributed by atoms with Gasteiger partial charge in [0, 0.05) is 10.9 Å². The number of aromatic hydroxyl groups is 1. The first-order chi connectivity index (χ1) is 9.16. The SMILES string of the molecule is CC(Sc1ccccc1O)C(=O)NC1CCCCC1. The highest BCUT2D eigenvalue weighted by molar-refractivity contribution is 8.00. The number of carbonyl (C=O) groups excluding carboxylic acids is 1. The van der Waals surface area contributed by atoms with E-state index in [1.807, 2.05) is 19.1 Å². The standard InChI is InChI=1S/C15H21NO2S/c1-11(19-14-10-6-5-9-13(14)17)15(18)16-12-7-3-2-4-8-12/h5-6,9-12,17H,2-4,7-8H2,1H3,(H,16,18). The molecule has 1 saturated carbocycles. The van der Waals surface area contributed by atoms with Gasteiger partial charge >= 0.3 is 0 Å². The molecular weight excluding hydrogens is 258 g/mol. The minimum atomic E-state index is -0.185. The van der Waals surface area contributed by atoms with E-state index in [9.17, 15) is 9.90 Å². The van der Waals surface area contributed by atoms with Crippen molar-refractivity contribution in [2.24, 2.45) is 0 Å². The van der Waals surface area contributed by atoms with Gasteiger partial charge in [0.1, 0.15) is 5.75 Å². The zero-order valence-electron chi connectivity index (χ0n) is 11.3. The summed E-state index contributed by atoms with van der Waals surface area (Å²) in [7, 11) is 0. The van der Waals surface area contributed by atoms with Crippen LogP contribution in [0, 0.1) is 0 Å². The fourth-order valence-corrected chi connectivity index (χ4v) is 3.27. The number of rotatable bonds is 4. The summed E-state index contributed by atoms with van der Waals surface area (Å²) in [5, 5.41) is 12.6. The molecule has 0 aliphatic heterocycles. The number of hydrogen-bond donors (Lipinski definition) is 2. The molecule has 1 aromatic carbocycles. The van der Waals surface area contributed by atoms with Gasteiger partial charge in [-0.3, -0.25) is 4.79 Å². The van der Waals surface area contributed by atoms with E-state index in [1.54, 1.807) is 12.1 Å². The Morgan fingerprint density at radius 3 is 2.68 bits per heavy atom. The molecule has 0 saturated heterocycles. The normalized spacial score (nSPS) is 17.9. The smallest absolute Gasteiger partial charge is 0.233 e. The van der Waals surface area contributed by atoms with E-state index < -0.39 is 0 Å². The molecule has 1 fully saturated rings. The van der Waals surface area contributed by atoms with E-state index in [0.717, 1.165) is 17.7 Å². The summed E-state index contributed by atoms with van der Waals surface area (Å²) in [6.07, 6.45) is 5.91. The van der Waals surface area contributed by atoms with Crippen LogP contribution in [0.4, 0.5) is 0 Å². The largest absolute Gasteiger partial charge is 0.507 e. The highest BCUT2D eigenvalue weighted by atomic mass is 32.2. The second-order valence-corrected chi connectivity index (χ2v) is 6.45. The van der Waals surface area contributed by atoms with E-state index in [4.69, 9.17) is 0 Å². The third-order valence-corrected chi connectivity index (χ3v) is 4.66. The Labute approximate surface area is 118 Å². The fourth-order valence-electron chi connectivity index (χ4n) is 2.37. The molecule has 4 heteroatoms. The van der Waals surface area contributed by atoms with Gasteiger partial charge in [-0.1, -0.05) is 31.4 Å². The third kappa shape index (κ3) is 4.16. The number of hydrogen-bond acceptors (Lipinski definition) is 3. The minimum absolute atomic E-state index is 0.0696. The van der Waals surface area contributed by atoms with E-state index in [-0.39, 0.29) is 16.9 Å². The average Bonchev–Trinajstić information content (AvgIpc) is 2.42. The highest BCUT2D eigenvalue weighted by Crippen LogP contribution is 2.31. The maximum absolute atomic E-state index is 12.1. The van der Waals surface area contributed by atoms with Crippen molar-refractivity contribution >= 4 is 17.7 Å². The quantitative estimate of drug-likeness (QED) is 0.831. The number of para-hydroxylation sites is 1. The first kappa shape index (κ1) is 14.3. The van der Waals surface area contributed by atoms with Crippen molar-refractivity contribution in [1.82, 2.24) is 5.32 Å². The number of phenolic OH excluding ortho intramolecular Hbond substituents is 1. The molecule has 2 rings (SSSR count). The van der Waals surface area contributed by atoms with Gasteiger partial charge in [0.25, 0.3) is 0 Å². The molecule has 1 aliphatic carbocycles. The molecule has 1 unspecified atom stereocenters. The molecular formula is C15H21NO2S. The first-order valence-corrected chi connectivity index (χ1v) is 7.80. The van der Waals surface area contributed by atoms with Crippen molar-refractivity contribution in [3.8, 4) is 5.75 Å². The molecule has 1 amide bonds. The second-order valence-electron chi connectivity index (χ2n) is 5.07. The molecule has 0 aromatic heterocycles. The number of thioether (sulfide) groups is 1. The van der Waals surface area contributed by atoms with Crippen LogP contribution in [-0.2, 0) is 4.79 Å². The summed E-state index contributed by atoms with van der Waals surface area (Å²) in [6, 6.07) is 7.48. The lowest BCUT2D eigenvalue weighted by Gasteiger charge is -2.24. The van der Waals surface area contributed by atoms with Crippen LogP contribution in [0.3, 0.4) is 0 Å². The lowest BCUT2D eigenvalue weighted by Crippen LogP contribution is -2.40. The minimum Gasteiger partial charge on any atom is -0.507 e. The lowest BCUT2D eigenvalue weighted by molar-refractivity contribution is -0.121. The van der Waals surface area contributed by atoms with Crippen LogP contribution in [0.2, 0.25) is 0 Å². The zero-order valence-corrected chi connectivity index (χ0v) is 12.1. The Morgan fingerprint density at radius 2 is 2.00 bits per heavy atom. The molecule has 104 valence electrons. The van der Waals surface area contributed by atoms with Crippen LogP contribution in [-0.4, -0.2) is 22.3 Å². The Morgan fingerprint density at radius 1 is 1.32 bits per heavy atom. The predicted molar refractivity (Wildman–Crippen MR) is 78.4 cm³/mol. The molecule has 0 heterocycles. The number of carbonyl (C=O) groups is 1. The summed E-state index contributed by atoms with van der Waals surface area (Å²) in [5.41, 5.74) is 0. The summed E-state index contributed by atoms with van der Waals surface area (Å²) < 4.78 is 0. The number of nitrogens with one attached hydrogen (secondary N) is 1. The predicted octanol–water partition coefficient (Wildman–Crippen LogP) is 3.32. The van der Waals surface area contributed by atoms with E-state index in [0.29, 0.717) is 6.04 Å². The first-order valence-electron chi connectivity index (χ1n) is 6.92. The average molecular weight is 279 g/mol. The highest BCUT2D eigenvalue weighted by Gasteiger charge is 2.20. The molecule has 1 atom stereocenters. The molecule has 0 bridgehead atoms. The monoisotopic (exact) mass is 279 g/mol. The van der Waals surface area contributed by atoms with E-state index in [2.05, 4.69) is 5.32 Å². The van der Waals surface area contributed by atoms with E-state index in [1.165, 1.54) is 31.0 Å². The summed E-state index contributed by atoms with van der Waals surface area (Å²) >= 11 is 1.40. The fraction of sp³-hybridized carbons (Fsp3) is 0.533. The molecule has 2 N–H and O–H groups in total. The van der Waals surface area contributed by atoms with Crippen LogP contribution in [0.15, 0.2) is 29.2 Å². The van der Waals surface area contributed by atoms with Gasteiger partial charge in [-0.05, 0) is 31.9 Å². The Kier molecular flexibility index (Phi) is 5.14. The molecule has 0 radical (unpaired) electrons. The van der Waals surface area contributed by atoms with Gasteiger partial charge in [-0.2, -0.15) is 0 Å². The van der Waals surface area contributed by atoms with Crippen molar-refractivity contribution in [3.63, 3.8) is 0 Å². The van der Waals surface area contributed by atoms with Crippen LogP contribution >= 0.6 is 11.8 Å². The topological polar surface area (TPSA) is 49.3 Å². The summed E-state index contributed by atoms with van der Waals surface area (Å²) in [6.45, 7) is 1.88. The van der Waals surface area contributed by atoms with Gasteiger partial charge in [0.15, 0.2) is 0 Å². The number of amides is 1. The van der Waals surface area contributed by atoms with E-state index >= 15 is 0 Å². The number of phenols is 1. The Hall–Kier alpha value is -1.16. The maximum Gasteiger partial charge on any atom is 0.233 e. The third-order valence-electron chi connectivity index (χ3n) is 3.49. The van der Waals surface area contributed by atoms with Crippen LogP contribution in [0.5, 0.6) is 5.75 Å². The van der Waals surface area contributed by atoms with Crippen molar-refractivity contribution in [2.75, 3.05) is 0 Å². The summed E-state index contributed by atoms with van der Waals surface area (Å²) in [4.78, 5) is 12.9. The van der Waals surface area contributed by atoms with Gasteiger partial charge in [0.05, 0.1) is 5.25 Å². The van der Waals surface area contributed by atoms with Crippen LogP contribution in [0.25, 0.3) is 0 Å². The molecule has 19 heavy (non-hydrogen) atoms. The second kappa shape index (κ2) is 6.85. The number of benzene rings is 1. The van der Waals surface area contributed by atoms with Gasteiger partial charge in [-0.25, -0.2) is 0 Å². The molecule has 0 spiro atoms. The maximum atomic E-state index is 12.1. The van der Waals surface area contributed by atoms with Crippen molar-refractivity contribution in [3.05, 3.63) is 24.3 Å². The van der Waals surface area contributed by atoms with Crippen molar-refractivity contribution < 1.29 is 9.90 Å². The van der Waals surface area contributed by atoms with Crippen molar-refractivity contribution in [2.45, 2.75) is 55.2 Å². The zero-order chi connectivity index (χ0) is 13.7. The lowest BCUT2D eigenvalue weighted by atomic mass is 9.95. The Balaban J connectivity index is 1.87. The van der Waals surface area contributed by atoms with Gasteiger partial charge in [0.2, 0.25) is 5.91 Å². The molecule has 3 nitrogen and oxygen atoms in total. The molecule has 1 aromatic rings. The van der Waals surface area contributed by atoms with Gasteiger partial charge in [-0.15, -0.1) is 11.8 Å². The van der Waals surface area contributed by atoms with Gasteiger partial charge < -0.3 is 10.4 Å². The Bertz CT molecular complexity index is 430. The van der Waals surface area contributed by atoms with Crippen LogP contribution in [0.1, 0.15) is 39.0 Å². The van der Waals surface area contributed by atoms with Crippen LogP contribution < -0.4 is 5.32 Å².